The van der Waals surface area contributed by atoms with Gasteiger partial charge in [0, 0.05) is 24.8 Å². The second-order valence-corrected chi connectivity index (χ2v) is 5.80. The van der Waals surface area contributed by atoms with Gasteiger partial charge in [-0.2, -0.15) is 17.0 Å². The fourth-order valence-electron chi connectivity index (χ4n) is 1.90. The standard InChI is InChI=1S/C12H20N2OS/c1-10(2)8-14(6-3-5-13)12(15)11-4-7-16-9-11/h10-11H,3-4,6-9H2,1-2H3. The van der Waals surface area contributed by atoms with Crippen molar-refractivity contribution in [3.05, 3.63) is 0 Å². The number of hydrogen-bond acceptors (Lipinski definition) is 3. The van der Waals surface area contributed by atoms with E-state index in [9.17, 15) is 4.79 Å². The Bertz CT molecular complexity index is 267. The molecule has 3 nitrogen and oxygen atoms in total. The Morgan fingerprint density at radius 2 is 2.38 bits per heavy atom. The van der Waals surface area contributed by atoms with Gasteiger partial charge in [-0.25, -0.2) is 0 Å². The molecular weight excluding hydrogens is 220 g/mol. The van der Waals surface area contributed by atoms with Crippen molar-refractivity contribution in [1.29, 1.82) is 5.26 Å². The Balaban J connectivity index is 2.52. The molecule has 0 spiro atoms. The normalized spacial score (nSPS) is 19.8. The molecule has 0 aromatic rings. The molecule has 90 valence electrons. The van der Waals surface area contributed by atoms with Crippen LogP contribution in [0.2, 0.25) is 0 Å². The summed E-state index contributed by atoms with van der Waals surface area (Å²) in [6.07, 6.45) is 1.45. The molecule has 1 unspecified atom stereocenters. The minimum Gasteiger partial charge on any atom is -0.341 e. The monoisotopic (exact) mass is 240 g/mol. The summed E-state index contributed by atoms with van der Waals surface area (Å²) >= 11 is 1.86. The fourth-order valence-corrected chi connectivity index (χ4v) is 3.12. The number of carbonyl (C=O) groups excluding carboxylic acids is 1. The van der Waals surface area contributed by atoms with Crippen molar-refractivity contribution < 1.29 is 4.79 Å². The zero-order chi connectivity index (χ0) is 12.0. The number of nitriles is 1. The van der Waals surface area contributed by atoms with E-state index in [1.807, 2.05) is 16.7 Å². The number of hydrogen-bond donors (Lipinski definition) is 0. The topological polar surface area (TPSA) is 44.1 Å². The molecule has 1 amide bonds. The Labute approximate surface area is 102 Å². The maximum atomic E-state index is 12.2. The number of nitrogens with zero attached hydrogens (tertiary/aromatic N) is 2. The van der Waals surface area contributed by atoms with E-state index in [4.69, 9.17) is 5.26 Å². The smallest absolute Gasteiger partial charge is 0.226 e. The molecular formula is C12H20N2OS. The average molecular weight is 240 g/mol. The van der Waals surface area contributed by atoms with E-state index in [0.29, 0.717) is 18.9 Å². The van der Waals surface area contributed by atoms with Crippen LogP contribution in [0.3, 0.4) is 0 Å². The van der Waals surface area contributed by atoms with Gasteiger partial charge in [0.05, 0.1) is 12.5 Å². The quantitative estimate of drug-likeness (QED) is 0.739. The second-order valence-electron chi connectivity index (χ2n) is 4.65. The number of rotatable bonds is 5. The van der Waals surface area contributed by atoms with Crippen LogP contribution in [0.25, 0.3) is 0 Å². The highest BCUT2D eigenvalue weighted by Gasteiger charge is 2.27. The maximum Gasteiger partial charge on any atom is 0.226 e. The van der Waals surface area contributed by atoms with E-state index in [1.54, 1.807) is 0 Å². The fraction of sp³-hybridized carbons (Fsp3) is 0.833. The van der Waals surface area contributed by atoms with E-state index in [2.05, 4.69) is 19.9 Å². The van der Waals surface area contributed by atoms with Crippen LogP contribution in [0.4, 0.5) is 0 Å². The Morgan fingerprint density at radius 3 is 2.88 bits per heavy atom. The zero-order valence-corrected chi connectivity index (χ0v) is 10.9. The molecule has 16 heavy (non-hydrogen) atoms. The highest BCUT2D eigenvalue weighted by molar-refractivity contribution is 7.99. The zero-order valence-electron chi connectivity index (χ0n) is 10.1. The first kappa shape index (κ1) is 13.4. The van der Waals surface area contributed by atoms with Gasteiger partial charge in [-0.15, -0.1) is 0 Å². The highest BCUT2D eigenvalue weighted by Crippen LogP contribution is 2.25. The van der Waals surface area contributed by atoms with Crippen LogP contribution in [-0.2, 0) is 4.79 Å². The molecule has 0 saturated carbocycles. The third-order valence-corrected chi connectivity index (χ3v) is 3.83. The Morgan fingerprint density at radius 1 is 1.62 bits per heavy atom. The first-order valence-electron chi connectivity index (χ1n) is 5.88. The van der Waals surface area contributed by atoms with E-state index in [0.717, 1.165) is 24.5 Å². The van der Waals surface area contributed by atoms with Crippen LogP contribution in [0.1, 0.15) is 26.7 Å². The SMILES string of the molecule is CC(C)CN(CCC#N)C(=O)C1CCSC1. The lowest BCUT2D eigenvalue weighted by Crippen LogP contribution is -2.39. The second kappa shape index (κ2) is 6.80. The number of carbonyl (C=O) groups is 1. The van der Waals surface area contributed by atoms with Crippen LogP contribution in [0.5, 0.6) is 0 Å². The third-order valence-electron chi connectivity index (χ3n) is 2.67. The van der Waals surface area contributed by atoms with Gasteiger partial charge in [-0.3, -0.25) is 4.79 Å². The van der Waals surface area contributed by atoms with E-state index in [-0.39, 0.29) is 11.8 Å². The van der Waals surface area contributed by atoms with Crippen molar-refractivity contribution in [1.82, 2.24) is 4.90 Å². The minimum absolute atomic E-state index is 0.197. The first-order chi connectivity index (χ1) is 7.65. The summed E-state index contributed by atoms with van der Waals surface area (Å²) in [5, 5.41) is 8.60. The molecule has 0 aliphatic carbocycles. The average Bonchev–Trinajstić information content (AvgIpc) is 2.76. The molecule has 1 rings (SSSR count). The van der Waals surface area contributed by atoms with E-state index in [1.165, 1.54) is 0 Å². The molecule has 1 fully saturated rings. The summed E-state index contributed by atoms with van der Waals surface area (Å²) in [7, 11) is 0. The third kappa shape index (κ3) is 4.05. The van der Waals surface area contributed by atoms with Crippen molar-refractivity contribution in [2.24, 2.45) is 11.8 Å². The van der Waals surface area contributed by atoms with Gasteiger partial charge in [0.25, 0.3) is 0 Å². The van der Waals surface area contributed by atoms with Crippen LogP contribution < -0.4 is 0 Å². The Kier molecular flexibility index (Phi) is 5.68. The van der Waals surface area contributed by atoms with Crippen LogP contribution >= 0.6 is 11.8 Å². The van der Waals surface area contributed by atoms with Gasteiger partial charge in [0.1, 0.15) is 0 Å². The number of thioether (sulfide) groups is 1. The molecule has 0 aromatic heterocycles. The predicted molar refractivity (Wildman–Crippen MR) is 67.1 cm³/mol. The summed E-state index contributed by atoms with van der Waals surface area (Å²) < 4.78 is 0. The molecule has 1 aliphatic heterocycles. The van der Waals surface area contributed by atoms with Crippen LogP contribution in [0.15, 0.2) is 0 Å². The van der Waals surface area contributed by atoms with Gasteiger partial charge in [0.15, 0.2) is 0 Å². The Hall–Kier alpha value is -0.690. The van der Waals surface area contributed by atoms with Crippen molar-refractivity contribution >= 4 is 17.7 Å². The van der Waals surface area contributed by atoms with E-state index >= 15 is 0 Å². The largest absolute Gasteiger partial charge is 0.341 e. The summed E-state index contributed by atoms with van der Waals surface area (Å²) in [5.74, 6) is 2.98. The van der Waals surface area contributed by atoms with Crippen molar-refractivity contribution in [2.45, 2.75) is 26.7 Å². The van der Waals surface area contributed by atoms with E-state index < -0.39 is 0 Å². The molecule has 1 saturated heterocycles. The lowest BCUT2D eigenvalue weighted by molar-refractivity contribution is -0.135. The molecule has 1 aliphatic rings. The summed E-state index contributed by atoms with van der Waals surface area (Å²) in [5.41, 5.74) is 0. The van der Waals surface area contributed by atoms with Crippen molar-refractivity contribution in [2.75, 3.05) is 24.6 Å². The van der Waals surface area contributed by atoms with Gasteiger partial charge in [0.2, 0.25) is 5.91 Å². The highest BCUT2D eigenvalue weighted by atomic mass is 32.2. The molecule has 0 aromatic carbocycles. The predicted octanol–water partition coefficient (Wildman–Crippen LogP) is 2.14. The molecule has 0 bridgehead atoms. The molecule has 0 N–H and O–H groups in total. The van der Waals surface area contributed by atoms with Crippen molar-refractivity contribution in [3.8, 4) is 6.07 Å². The minimum atomic E-state index is 0.197. The molecule has 1 atom stereocenters. The van der Waals surface area contributed by atoms with Crippen LogP contribution in [0, 0.1) is 23.2 Å². The summed E-state index contributed by atoms with van der Waals surface area (Å²) in [4.78, 5) is 14.1. The summed E-state index contributed by atoms with van der Waals surface area (Å²) in [6.45, 7) is 5.59. The van der Waals surface area contributed by atoms with Gasteiger partial charge >= 0.3 is 0 Å². The lowest BCUT2D eigenvalue weighted by atomic mass is 10.1. The van der Waals surface area contributed by atoms with Crippen molar-refractivity contribution in [3.63, 3.8) is 0 Å². The first-order valence-corrected chi connectivity index (χ1v) is 7.04. The molecule has 0 radical (unpaired) electrons. The molecule has 4 heteroatoms. The lowest BCUT2D eigenvalue weighted by Gasteiger charge is -2.26. The maximum absolute atomic E-state index is 12.2. The van der Waals surface area contributed by atoms with Gasteiger partial charge < -0.3 is 4.90 Å². The molecule has 1 heterocycles. The number of amides is 1. The summed E-state index contributed by atoms with van der Waals surface area (Å²) in [6, 6.07) is 2.12. The van der Waals surface area contributed by atoms with Crippen LogP contribution in [-0.4, -0.2) is 35.4 Å². The van der Waals surface area contributed by atoms with Gasteiger partial charge in [-0.05, 0) is 18.1 Å². The van der Waals surface area contributed by atoms with Gasteiger partial charge in [-0.1, -0.05) is 13.8 Å².